The number of aliphatic hydroxyl groups is 2. The van der Waals surface area contributed by atoms with Crippen molar-refractivity contribution in [3.8, 4) is 11.1 Å². The number of rotatable bonds is 10. The van der Waals surface area contributed by atoms with Crippen LogP contribution >= 0.6 is 11.6 Å². The van der Waals surface area contributed by atoms with Crippen LogP contribution in [0.1, 0.15) is 66.9 Å². The molecule has 0 radical (unpaired) electrons. The van der Waals surface area contributed by atoms with Gasteiger partial charge in [-0.2, -0.15) is 0 Å². The van der Waals surface area contributed by atoms with Crippen molar-refractivity contribution < 1.29 is 24.5 Å². The van der Waals surface area contributed by atoms with Gasteiger partial charge in [0.25, 0.3) is 0 Å². The molecule has 4 aromatic rings. The molecular formula is C40H46ClN3O5. The summed E-state index contributed by atoms with van der Waals surface area (Å²) in [7, 11) is 0. The van der Waals surface area contributed by atoms with Crippen molar-refractivity contribution in [1.29, 1.82) is 0 Å². The number of amides is 2. The van der Waals surface area contributed by atoms with Crippen LogP contribution in [0.3, 0.4) is 0 Å². The largest absolute Gasteiger partial charge is 0.392 e. The first-order chi connectivity index (χ1) is 23.7. The van der Waals surface area contributed by atoms with E-state index in [0.29, 0.717) is 37.5 Å². The van der Waals surface area contributed by atoms with E-state index in [-0.39, 0.29) is 30.8 Å². The van der Waals surface area contributed by atoms with Crippen molar-refractivity contribution in [3.63, 3.8) is 0 Å². The second kappa shape index (κ2) is 15.9. The summed E-state index contributed by atoms with van der Waals surface area (Å²) in [4.78, 5) is 14.3. The number of hydrogen-bond acceptors (Lipinski definition) is 6. The molecule has 0 aromatic heterocycles. The van der Waals surface area contributed by atoms with Crippen LogP contribution in [0.15, 0.2) is 97.1 Å². The Morgan fingerprint density at radius 2 is 1.57 bits per heavy atom. The first-order valence-corrected chi connectivity index (χ1v) is 17.5. The lowest BCUT2D eigenvalue weighted by Crippen LogP contribution is -2.49. The average Bonchev–Trinajstić information content (AvgIpc) is 3.13. The molecule has 6 rings (SSSR count). The van der Waals surface area contributed by atoms with Gasteiger partial charge in [-0.05, 0) is 77.4 Å². The quantitative estimate of drug-likeness (QED) is 0.142. The molecule has 2 saturated heterocycles. The minimum Gasteiger partial charge on any atom is -0.392 e. The van der Waals surface area contributed by atoms with Gasteiger partial charge >= 0.3 is 6.03 Å². The predicted octanol–water partition coefficient (Wildman–Crippen LogP) is 7.09. The summed E-state index contributed by atoms with van der Waals surface area (Å²) in [6, 6.07) is 31.7. The number of carbonyl (C=O) groups is 1. The zero-order valence-electron chi connectivity index (χ0n) is 28.1. The van der Waals surface area contributed by atoms with Gasteiger partial charge in [0.05, 0.1) is 24.4 Å². The number of piperidine rings is 1. The standard InChI is InChI=1S/C40H46ClN3O5/c1-3-42-39(46)43-24-29-6-4-7-31(22-29)32-8-5-9-33(23-32)38-48-36(27(2)37(49-38)30-12-10-28(26-45)11-13-30)25-44-20-18-40(47,19-21-44)34-14-16-35(41)17-15-34/h4-17,22-23,27,36-38,45,47H,3,18-21,24-26H2,1-2H3,(H2,42,43,46)/t27-,36+,37+,38+/m1/s1. The van der Waals surface area contributed by atoms with E-state index in [0.717, 1.165) is 52.0 Å². The molecule has 0 unspecified atom stereocenters. The summed E-state index contributed by atoms with van der Waals surface area (Å²) in [5.74, 6) is 0.0468. The molecule has 4 aromatic carbocycles. The van der Waals surface area contributed by atoms with Gasteiger partial charge in [0.2, 0.25) is 0 Å². The summed E-state index contributed by atoms with van der Waals surface area (Å²) in [5.41, 5.74) is 5.92. The third-order valence-electron chi connectivity index (χ3n) is 9.84. The highest BCUT2D eigenvalue weighted by atomic mass is 35.5. The van der Waals surface area contributed by atoms with Gasteiger partial charge in [-0.1, -0.05) is 91.3 Å². The smallest absolute Gasteiger partial charge is 0.315 e. The van der Waals surface area contributed by atoms with Crippen LogP contribution in [0.25, 0.3) is 11.1 Å². The third-order valence-corrected chi connectivity index (χ3v) is 10.1. The molecule has 9 heteroatoms. The molecule has 0 spiro atoms. The summed E-state index contributed by atoms with van der Waals surface area (Å²) in [6.07, 6.45) is 0.306. The minimum absolute atomic E-state index is 0.0109. The van der Waals surface area contributed by atoms with Gasteiger partial charge in [-0.3, -0.25) is 0 Å². The van der Waals surface area contributed by atoms with Crippen molar-refractivity contribution in [2.75, 3.05) is 26.2 Å². The second-order valence-electron chi connectivity index (χ2n) is 13.2. The molecule has 2 heterocycles. The first kappa shape index (κ1) is 35.1. The van der Waals surface area contributed by atoms with Gasteiger partial charge < -0.3 is 35.2 Å². The van der Waals surface area contributed by atoms with Crippen LogP contribution in [-0.4, -0.2) is 53.4 Å². The van der Waals surface area contributed by atoms with Gasteiger partial charge in [-0.25, -0.2) is 4.79 Å². The monoisotopic (exact) mass is 683 g/mol. The van der Waals surface area contributed by atoms with Gasteiger partial charge in [0, 0.05) is 49.2 Å². The van der Waals surface area contributed by atoms with Crippen molar-refractivity contribution in [1.82, 2.24) is 15.5 Å². The Hall–Kier alpha value is -3.76. The van der Waals surface area contributed by atoms with Crippen LogP contribution in [0.4, 0.5) is 4.79 Å². The van der Waals surface area contributed by atoms with E-state index in [2.05, 4.69) is 46.7 Å². The highest BCUT2D eigenvalue weighted by molar-refractivity contribution is 6.30. The Bertz CT molecular complexity index is 1690. The van der Waals surface area contributed by atoms with Crippen LogP contribution in [-0.2, 0) is 28.2 Å². The molecule has 2 aliphatic rings. The number of nitrogens with one attached hydrogen (secondary N) is 2. The molecule has 49 heavy (non-hydrogen) atoms. The number of carbonyl (C=O) groups excluding carboxylic acids is 1. The molecule has 8 nitrogen and oxygen atoms in total. The van der Waals surface area contributed by atoms with Crippen molar-refractivity contribution in [3.05, 3.63) is 130 Å². The van der Waals surface area contributed by atoms with E-state index < -0.39 is 11.9 Å². The normalized spacial score (nSPS) is 22.4. The zero-order chi connectivity index (χ0) is 34.4. The maximum absolute atomic E-state index is 11.9. The van der Waals surface area contributed by atoms with Crippen molar-refractivity contribution >= 4 is 17.6 Å². The molecule has 2 fully saturated rings. The highest BCUT2D eigenvalue weighted by Crippen LogP contribution is 2.43. The molecule has 2 amide bonds. The molecule has 4 atom stereocenters. The lowest BCUT2D eigenvalue weighted by molar-refractivity contribution is -0.277. The van der Waals surface area contributed by atoms with E-state index >= 15 is 0 Å². The van der Waals surface area contributed by atoms with Crippen molar-refractivity contribution in [2.45, 2.75) is 63.9 Å². The summed E-state index contributed by atoms with van der Waals surface area (Å²) in [5, 5.41) is 27.5. The number of aliphatic hydroxyl groups excluding tert-OH is 1. The maximum Gasteiger partial charge on any atom is 0.315 e. The fraction of sp³-hybridized carbons (Fsp3) is 0.375. The number of urea groups is 1. The van der Waals surface area contributed by atoms with Gasteiger partial charge in [-0.15, -0.1) is 0 Å². The van der Waals surface area contributed by atoms with Crippen LogP contribution in [0, 0.1) is 5.92 Å². The number of hydrogen-bond donors (Lipinski definition) is 4. The Kier molecular flexibility index (Phi) is 11.3. The molecular weight excluding hydrogens is 638 g/mol. The number of ether oxygens (including phenoxy) is 2. The molecule has 2 aliphatic heterocycles. The van der Waals surface area contributed by atoms with E-state index in [1.807, 2.05) is 79.7 Å². The second-order valence-corrected chi connectivity index (χ2v) is 13.6. The van der Waals surface area contributed by atoms with Crippen LogP contribution < -0.4 is 10.6 Å². The molecule has 0 saturated carbocycles. The fourth-order valence-corrected chi connectivity index (χ4v) is 6.99. The fourth-order valence-electron chi connectivity index (χ4n) is 6.87. The Labute approximate surface area is 294 Å². The van der Waals surface area contributed by atoms with Gasteiger partial charge in [0.15, 0.2) is 6.29 Å². The maximum atomic E-state index is 11.9. The van der Waals surface area contributed by atoms with E-state index in [1.165, 1.54) is 0 Å². The zero-order valence-corrected chi connectivity index (χ0v) is 28.9. The summed E-state index contributed by atoms with van der Waals surface area (Å²) < 4.78 is 13.6. The topological polar surface area (TPSA) is 103 Å². The number of benzene rings is 4. The van der Waals surface area contributed by atoms with Gasteiger partial charge in [0.1, 0.15) is 0 Å². The summed E-state index contributed by atoms with van der Waals surface area (Å²) in [6.45, 7) is 7.26. The van der Waals surface area contributed by atoms with E-state index in [9.17, 15) is 15.0 Å². The number of halogens is 1. The SMILES string of the molecule is CCNC(=O)NCc1cccc(-c2cccc([C@H]3O[C@@H](CN4CCC(O)(c5ccc(Cl)cc5)CC4)[C@@H](C)[C@@H](c4ccc(CO)cc4)O3)c2)c1. The van der Waals surface area contributed by atoms with Crippen molar-refractivity contribution in [2.24, 2.45) is 5.92 Å². The van der Waals surface area contributed by atoms with E-state index in [4.69, 9.17) is 21.1 Å². The molecule has 258 valence electrons. The van der Waals surface area contributed by atoms with Crippen LogP contribution in [0.2, 0.25) is 5.02 Å². The predicted molar refractivity (Wildman–Crippen MR) is 192 cm³/mol. The molecule has 0 aliphatic carbocycles. The Morgan fingerprint density at radius 3 is 2.27 bits per heavy atom. The third kappa shape index (κ3) is 8.52. The van der Waals surface area contributed by atoms with E-state index in [1.54, 1.807) is 0 Å². The highest BCUT2D eigenvalue weighted by Gasteiger charge is 2.41. The Balaban J connectivity index is 1.21. The first-order valence-electron chi connectivity index (χ1n) is 17.2. The minimum atomic E-state index is -0.876. The average molecular weight is 684 g/mol. The molecule has 4 N–H and O–H groups in total. The lowest BCUT2D eigenvalue weighted by atomic mass is 9.84. The number of nitrogens with zero attached hydrogens (tertiary/aromatic N) is 1. The summed E-state index contributed by atoms with van der Waals surface area (Å²) >= 11 is 6.10. The molecule has 0 bridgehead atoms. The Morgan fingerprint density at radius 1 is 0.878 bits per heavy atom. The number of likely N-dealkylation sites (tertiary alicyclic amines) is 1. The van der Waals surface area contributed by atoms with Crippen LogP contribution in [0.5, 0.6) is 0 Å². The lowest BCUT2D eigenvalue weighted by Gasteiger charge is -2.45.